The summed E-state index contributed by atoms with van der Waals surface area (Å²) in [6, 6.07) is 47.4. The van der Waals surface area contributed by atoms with Crippen LogP contribution in [0.1, 0.15) is 0 Å². The van der Waals surface area contributed by atoms with Crippen molar-refractivity contribution in [2.24, 2.45) is 0 Å². The van der Waals surface area contributed by atoms with Gasteiger partial charge >= 0.3 is 0 Å². The van der Waals surface area contributed by atoms with E-state index in [1.165, 1.54) is 5.39 Å². The van der Waals surface area contributed by atoms with Crippen molar-refractivity contribution >= 4 is 10.8 Å². The molecule has 0 fully saturated rings. The number of hydrogen-bond acceptors (Lipinski definition) is 4. The zero-order chi connectivity index (χ0) is 26.7. The van der Waals surface area contributed by atoms with E-state index < -0.39 is 0 Å². The van der Waals surface area contributed by atoms with Crippen LogP contribution in [0.4, 0.5) is 0 Å². The highest BCUT2D eigenvalue weighted by atomic mass is 15.0. The summed E-state index contributed by atoms with van der Waals surface area (Å²) >= 11 is 0. The van der Waals surface area contributed by atoms with Crippen molar-refractivity contribution in [3.8, 4) is 56.5 Å². The maximum Gasteiger partial charge on any atom is 0.164 e. The van der Waals surface area contributed by atoms with Crippen LogP contribution in [0, 0.1) is 0 Å². The SMILES string of the molecule is c1ccc(-c2nc(-c3ccccc3)nc(-c3cccc(-c4cccc(-c5nccc6ccccc56)c4)c3)n2)cc1. The number of nitrogens with zero attached hydrogens (tertiary/aromatic N) is 4. The number of fused-ring (bicyclic) bond motifs is 1. The van der Waals surface area contributed by atoms with E-state index in [1.807, 2.05) is 72.9 Å². The molecule has 0 aliphatic carbocycles. The molecule has 0 atom stereocenters. The molecule has 188 valence electrons. The molecule has 2 heterocycles. The molecule has 0 spiro atoms. The average Bonchev–Trinajstić information content (AvgIpc) is 3.05. The Balaban J connectivity index is 1.32. The Morgan fingerprint density at radius 3 is 1.48 bits per heavy atom. The molecule has 5 aromatic carbocycles. The molecule has 0 unspecified atom stereocenters. The van der Waals surface area contributed by atoms with Gasteiger partial charge in [-0.05, 0) is 34.7 Å². The van der Waals surface area contributed by atoms with E-state index in [0.29, 0.717) is 17.5 Å². The highest BCUT2D eigenvalue weighted by molar-refractivity contribution is 5.95. The summed E-state index contributed by atoms with van der Waals surface area (Å²) in [4.78, 5) is 19.4. The van der Waals surface area contributed by atoms with Crippen LogP contribution >= 0.6 is 0 Å². The summed E-state index contributed by atoms with van der Waals surface area (Å²) < 4.78 is 0. The van der Waals surface area contributed by atoms with Crippen LogP contribution in [0.25, 0.3) is 67.3 Å². The molecule has 0 N–H and O–H groups in total. The second kappa shape index (κ2) is 10.4. The van der Waals surface area contributed by atoms with Crippen LogP contribution in [-0.4, -0.2) is 19.9 Å². The van der Waals surface area contributed by atoms with Gasteiger partial charge in [0.25, 0.3) is 0 Å². The summed E-state index contributed by atoms with van der Waals surface area (Å²) in [5, 5.41) is 2.32. The molecule has 2 aromatic heterocycles. The third kappa shape index (κ3) is 4.63. The molecule has 0 saturated heterocycles. The van der Waals surface area contributed by atoms with Gasteiger partial charge in [0.2, 0.25) is 0 Å². The minimum atomic E-state index is 0.640. The molecule has 4 heteroatoms. The van der Waals surface area contributed by atoms with Crippen molar-refractivity contribution < 1.29 is 0 Å². The van der Waals surface area contributed by atoms with Crippen molar-refractivity contribution in [2.45, 2.75) is 0 Å². The molecule has 4 nitrogen and oxygen atoms in total. The molecule has 40 heavy (non-hydrogen) atoms. The summed E-state index contributed by atoms with van der Waals surface area (Å²) in [6.45, 7) is 0. The lowest BCUT2D eigenvalue weighted by Crippen LogP contribution is -2.00. The summed E-state index contributed by atoms with van der Waals surface area (Å²) in [7, 11) is 0. The van der Waals surface area contributed by atoms with E-state index >= 15 is 0 Å². The fraction of sp³-hybridized carbons (Fsp3) is 0. The fourth-order valence-corrected chi connectivity index (χ4v) is 4.97. The van der Waals surface area contributed by atoms with Crippen molar-refractivity contribution in [1.82, 2.24) is 19.9 Å². The number of aromatic nitrogens is 4. The Kier molecular flexibility index (Phi) is 6.11. The second-order valence-corrected chi connectivity index (χ2v) is 9.58. The van der Waals surface area contributed by atoms with E-state index in [0.717, 1.165) is 44.5 Å². The predicted molar refractivity (Wildman–Crippen MR) is 162 cm³/mol. The molecule has 0 bridgehead atoms. The maximum atomic E-state index is 4.90. The lowest BCUT2D eigenvalue weighted by molar-refractivity contribution is 1.07. The van der Waals surface area contributed by atoms with Gasteiger partial charge in [-0.2, -0.15) is 0 Å². The number of rotatable bonds is 5. The van der Waals surface area contributed by atoms with Gasteiger partial charge in [-0.15, -0.1) is 0 Å². The smallest absolute Gasteiger partial charge is 0.164 e. The Hall–Kier alpha value is -5.48. The topological polar surface area (TPSA) is 51.6 Å². The summed E-state index contributed by atoms with van der Waals surface area (Å²) in [5.41, 5.74) is 7.09. The van der Waals surface area contributed by atoms with Gasteiger partial charge in [0.05, 0.1) is 5.69 Å². The average molecular weight is 513 g/mol. The van der Waals surface area contributed by atoms with Gasteiger partial charge in [-0.1, -0.05) is 121 Å². The highest BCUT2D eigenvalue weighted by Gasteiger charge is 2.13. The van der Waals surface area contributed by atoms with Crippen LogP contribution in [0.3, 0.4) is 0 Å². The van der Waals surface area contributed by atoms with E-state index in [2.05, 4.69) is 72.8 Å². The van der Waals surface area contributed by atoms with Crippen molar-refractivity contribution in [2.75, 3.05) is 0 Å². The van der Waals surface area contributed by atoms with Gasteiger partial charge in [-0.3, -0.25) is 4.98 Å². The molecule has 0 radical (unpaired) electrons. The lowest BCUT2D eigenvalue weighted by Gasteiger charge is -2.11. The third-order valence-corrected chi connectivity index (χ3v) is 6.96. The van der Waals surface area contributed by atoms with Crippen LogP contribution < -0.4 is 0 Å². The largest absolute Gasteiger partial charge is 0.256 e. The van der Waals surface area contributed by atoms with E-state index in [1.54, 1.807) is 0 Å². The molecule has 7 rings (SSSR count). The molecule has 0 amide bonds. The minimum absolute atomic E-state index is 0.640. The van der Waals surface area contributed by atoms with Gasteiger partial charge in [0.1, 0.15) is 0 Å². The predicted octanol–water partition coefficient (Wildman–Crippen LogP) is 8.75. The van der Waals surface area contributed by atoms with Crippen LogP contribution in [0.2, 0.25) is 0 Å². The van der Waals surface area contributed by atoms with Crippen molar-refractivity contribution in [3.63, 3.8) is 0 Å². The standard InChI is InChI=1S/C36H24N4/c1-3-12-26(13-4-1)34-38-35(27-14-5-2-6-15-27)40-36(39-34)31-19-10-17-29(24-31)28-16-9-18-30(23-28)33-32-20-8-7-11-25(32)21-22-37-33/h1-24H. The van der Waals surface area contributed by atoms with Gasteiger partial charge < -0.3 is 0 Å². The maximum absolute atomic E-state index is 4.90. The first-order valence-corrected chi connectivity index (χ1v) is 13.2. The zero-order valence-corrected chi connectivity index (χ0v) is 21.6. The van der Waals surface area contributed by atoms with E-state index in [9.17, 15) is 0 Å². The Morgan fingerprint density at radius 2 is 0.825 bits per heavy atom. The first-order valence-electron chi connectivity index (χ1n) is 13.2. The molecule has 0 aliphatic rings. The summed E-state index contributed by atoms with van der Waals surface area (Å²) in [6.07, 6.45) is 1.88. The first kappa shape index (κ1) is 23.6. The van der Waals surface area contributed by atoms with Crippen molar-refractivity contribution in [3.05, 3.63) is 146 Å². The van der Waals surface area contributed by atoms with Crippen molar-refractivity contribution in [1.29, 1.82) is 0 Å². The highest BCUT2D eigenvalue weighted by Crippen LogP contribution is 2.32. The Bertz CT molecular complexity index is 1890. The first-order chi connectivity index (χ1) is 19.8. The van der Waals surface area contributed by atoms with Gasteiger partial charge in [-0.25, -0.2) is 15.0 Å². The number of hydrogen-bond donors (Lipinski definition) is 0. The van der Waals surface area contributed by atoms with Crippen LogP contribution in [0.15, 0.2) is 146 Å². The van der Waals surface area contributed by atoms with Crippen LogP contribution in [0.5, 0.6) is 0 Å². The zero-order valence-electron chi connectivity index (χ0n) is 21.6. The van der Waals surface area contributed by atoms with Gasteiger partial charge in [0.15, 0.2) is 17.5 Å². The number of pyridine rings is 1. The molecule has 7 aromatic rings. The normalized spacial score (nSPS) is 11.0. The second-order valence-electron chi connectivity index (χ2n) is 9.58. The van der Waals surface area contributed by atoms with E-state index in [4.69, 9.17) is 19.9 Å². The van der Waals surface area contributed by atoms with Gasteiger partial charge in [0, 0.05) is 33.8 Å². The monoisotopic (exact) mass is 512 g/mol. The quantitative estimate of drug-likeness (QED) is 0.231. The Labute approximate surface area is 232 Å². The fourth-order valence-electron chi connectivity index (χ4n) is 4.97. The summed E-state index contributed by atoms with van der Waals surface area (Å²) in [5.74, 6) is 1.94. The molecule has 0 saturated carbocycles. The minimum Gasteiger partial charge on any atom is -0.256 e. The van der Waals surface area contributed by atoms with Crippen LogP contribution in [-0.2, 0) is 0 Å². The third-order valence-electron chi connectivity index (χ3n) is 6.96. The Morgan fingerprint density at radius 1 is 0.350 bits per heavy atom. The molecular formula is C36H24N4. The molecule has 0 aliphatic heterocycles. The number of benzene rings is 5. The lowest BCUT2D eigenvalue weighted by atomic mass is 9.98. The molecular weight excluding hydrogens is 488 g/mol. The van der Waals surface area contributed by atoms with E-state index in [-0.39, 0.29) is 0 Å².